The van der Waals surface area contributed by atoms with E-state index in [-0.39, 0.29) is 0 Å². The molecule has 0 spiro atoms. The number of nitrogens with zero attached hydrogens (tertiary/aromatic N) is 4. The summed E-state index contributed by atoms with van der Waals surface area (Å²) in [4.78, 5) is 12.8. The van der Waals surface area contributed by atoms with Crippen LogP contribution in [0.3, 0.4) is 0 Å². The van der Waals surface area contributed by atoms with Crippen LogP contribution in [-0.2, 0) is 6.54 Å². The van der Waals surface area contributed by atoms with Gasteiger partial charge < -0.3 is 11.1 Å². The molecular formula is C12H18N6. The van der Waals surface area contributed by atoms with Crippen LogP contribution in [-0.4, -0.2) is 25.6 Å². The molecule has 2 aromatic rings. The molecule has 2 aromatic heterocycles. The van der Waals surface area contributed by atoms with E-state index in [2.05, 4.69) is 31.8 Å². The van der Waals surface area contributed by atoms with Gasteiger partial charge in [-0.3, -0.25) is 4.57 Å². The SMILES string of the molecule is CCn1c(NC2CCCC2)nc2c(N)ncnc21. The molecule has 6 heteroatoms. The summed E-state index contributed by atoms with van der Waals surface area (Å²) in [6, 6.07) is 0.529. The lowest BCUT2D eigenvalue weighted by Gasteiger charge is -2.13. The first kappa shape index (κ1) is 11.3. The summed E-state index contributed by atoms with van der Waals surface area (Å²) in [5.41, 5.74) is 7.35. The van der Waals surface area contributed by atoms with Crippen LogP contribution in [0.5, 0.6) is 0 Å². The fourth-order valence-corrected chi connectivity index (χ4v) is 2.62. The van der Waals surface area contributed by atoms with E-state index in [4.69, 9.17) is 5.73 Å². The number of hydrogen-bond acceptors (Lipinski definition) is 5. The van der Waals surface area contributed by atoms with Crippen molar-refractivity contribution in [2.75, 3.05) is 11.1 Å². The van der Waals surface area contributed by atoms with E-state index in [1.165, 1.54) is 32.0 Å². The van der Waals surface area contributed by atoms with Gasteiger partial charge in [-0.25, -0.2) is 15.0 Å². The molecule has 1 fully saturated rings. The number of nitrogens with one attached hydrogen (secondary N) is 1. The maximum absolute atomic E-state index is 5.85. The van der Waals surface area contributed by atoms with Crippen molar-refractivity contribution in [3.05, 3.63) is 6.33 Å². The van der Waals surface area contributed by atoms with Gasteiger partial charge in [0.05, 0.1) is 0 Å². The molecule has 6 nitrogen and oxygen atoms in total. The molecule has 1 aliphatic carbocycles. The number of nitrogens with two attached hydrogens (primary N) is 1. The van der Waals surface area contributed by atoms with Gasteiger partial charge in [0.2, 0.25) is 5.95 Å². The molecule has 3 rings (SSSR count). The van der Waals surface area contributed by atoms with Crippen LogP contribution in [0, 0.1) is 0 Å². The maximum Gasteiger partial charge on any atom is 0.205 e. The van der Waals surface area contributed by atoms with Gasteiger partial charge in [0.1, 0.15) is 6.33 Å². The molecule has 0 amide bonds. The van der Waals surface area contributed by atoms with Crippen molar-refractivity contribution < 1.29 is 0 Å². The number of rotatable bonds is 3. The van der Waals surface area contributed by atoms with Crippen LogP contribution in [0.25, 0.3) is 11.2 Å². The number of aryl methyl sites for hydroxylation is 1. The van der Waals surface area contributed by atoms with Crippen LogP contribution in [0.15, 0.2) is 6.33 Å². The number of hydrogen-bond donors (Lipinski definition) is 2. The van der Waals surface area contributed by atoms with Crippen molar-refractivity contribution in [2.24, 2.45) is 0 Å². The van der Waals surface area contributed by atoms with E-state index in [1.54, 1.807) is 0 Å². The van der Waals surface area contributed by atoms with Gasteiger partial charge >= 0.3 is 0 Å². The molecule has 0 saturated heterocycles. The summed E-state index contributed by atoms with van der Waals surface area (Å²) in [7, 11) is 0. The molecule has 0 bridgehead atoms. The summed E-state index contributed by atoms with van der Waals surface area (Å²) in [6.45, 7) is 2.90. The highest BCUT2D eigenvalue weighted by Gasteiger charge is 2.19. The lowest BCUT2D eigenvalue weighted by atomic mass is 10.2. The summed E-state index contributed by atoms with van der Waals surface area (Å²) in [5.74, 6) is 1.31. The van der Waals surface area contributed by atoms with E-state index >= 15 is 0 Å². The Morgan fingerprint density at radius 3 is 2.89 bits per heavy atom. The molecule has 1 aliphatic rings. The second kappa shape index (κ2) is 4.44. The van der Waals surface area contributed by atoms with E-state index in [0.717, 1.165) is 18.1 Å². The zero-order valence-electron chi connectivity index (χ0n) is 10.6. The number of aromatic nitrogens is 4. The number of fused-ring (bicyclic) bond motifs is 1. The van der Waals surface area contributed by atoms with Gasteiger partial charge in [0.25, 0.3) is 0 Å². The fourth-order valence-electron chi connectivity index (χ4n) is 2.62. The quantitative estimate of drug-likeness (QED) is 0.862. The zero-order chi connectivity index (χ0) is 12.5. The van der Waals surface area contributed by atoms with E-state index < -0.39 is 0 Å². The van der Waals surface area contributed by atoms with Crippen molar-refractivity contribution in [1.29, 1.82) is 0 Å². The third-order valence-corrected chi connectivity index (χ3v) is 3.56. The largest absolute Gasteiger partial charge is 0.382 e. The van der Waals surface area contributed by atoms with E-state index in [9.17, 15) is 0 Å². The highest BCUT2D eigenvalue weighted by atomic mass is 15.2. The van der Waals surface area contributed by atoms with Gasteiger partial charge in [-0.15, -0.1) is 0 Å². The lowest BCUT2D eigenvalue weighted by Crippen LogP contribution is -2.18. The third kappa shape index (κ3) is 1.77. The van der Waals surface area contributed by atoms with Crippen LogP contribution < -0.4 is 11.1 Å². The molecule has 0 radical (unpaired) electrons. The second-order valence-electron chi connectivity index (χ2n) is 4.74. The van der Waals surface area contributed by atoms with E-state index in [0.29, 0.717) is 17.4 Å². The molecular weight excluding hydrogens is 228 g/mol. The Hall–Kier alpha value is -1.85. The Morgan fingerprint density at radius 2 is 2.17 bits per heavy atom. The molecule has 0 atom stereocenters. The fraction of sp³-hybridized carbons (Fsp3) is 0.583. The molecule has 0 aromatic carbocycles. The van der Waals surface area contributed by atoms with Crippen molar-refractivity contribution in [2.45, 2.75) is 45.2 Å². The molecule has 3 N–H and O–H groups in total. The molecule has 0 unspecified atom stereocenters. The first-order valence-electron chi connectivity index (χ1n) is 6.53. The summed E-state index contributed by atoms with van der Waals surface area (Å²) < 4.78 is 2.06. The standard InChI is InChI=1S/C12H18N6/c1-2-18-11-9(10(13)14-7-15-11)17-12(18)16-8-5-3-4-6-8/h7-8H,2-6H2,1H3,(H,16,17)(H2,13,14,15). The summed E-state index contributed by atoms with van der Waals surface area (Å²) in [6.07, 6.45) is 6.52. The summed E-state index contributed by atoms with van der Waals surface area (Å²) in [5, 5.41) is 3.51. The smallest absolute Gasteiger partial charge is 0.205 e. The predicted molar refractivity (Wildman–Crippen MR) is 71.3 cm³/mol. The van der Waals surface area contributed by atoms with Crippen LogP contribution >= 0.6 is 0 Å². The molecule has 1 saturated carbocycles. The number of anilines is 2. The van der Waals surface area contributed by atoms with Gasteiger partial charge in [0, 0.05) is 12.6 Å². The van der Waals surface area contributed by atoms with Crippen LogP contribution in [0.1, 0.15) is 32.6 Å². The second-order valence-corrected chi connectivity index (χ2v) is 4.74. The first-order chi connectivity index (χ1) is 8.79. The predicted octanol–water partition coefficient (Wildman–Crippen LogP) is 1.78. The maximum atomic E-state index is 5.85. The Kier molecular flexibility index (Phi) is 2.77. The molecule has 2 heterocycles. The normalized spacial score (nSPS) is 16.5. The zero-order valence-corrected chi connectivity index (χ0v) is 10.6. The monoisotopic (exact) mass is 246 g/mol. The Balaban J connectivity index is 2.02. The minimum atomic E-state index is 0.446. The minimum absolute atomic E-state index is 0.446. The van der Waals surface area contributed by atoms with Gasteiger partial charge in [-0.2, -0.15) is 0 Å². The Labute approximate surface area is 106 Å². The van der Waals surface area contributed by atoms with Gasteiger partial charge in [-0.05, 0) is 19.8 Å². The van der Waals surface area contributed by atoms with E-state index in [1.807, 2.05) is 0 Å². The van der Waals surface area contributed by atoms with Crippen molar-refractivity contribution in [3.63, 3.8) is 0 Å². The molecule has 0 aliphatic heterocycles. The minimum Gasteiger partial charge on any atom is -0.382 e. The van der Waals surface area contributed by atoms with Crippen molar-refractivity contribution in [3.8, 4) is 0 Å². The highest BCUT2D eigenvalue weighted by molar-refractivity contribution is 5.83. The highest BCUT2D eigenvalue weighted by Crippen LogP contribution is 2.25. The number of imidazole rings is 1. The number of nitrogen functional groups attached to an aromatic ring is 1. The topological polar surface area (TPSA) is 81.7 Å². The third-order valence-electron chi connectivity index (χ3n) is 3.56. The van der Waals surface area contributed by atoms with Crippen molar-refractivity contribution >= 4 is 22.9 Å². The average Bonchev–Trinajstić information content (AvgIpc) is 2.97. The van der Waals surface area contributed by atoms with Gasteiger partial charge in [0.15, 0.2) is 17.0 Å². The Bertz CT molecular complexity index is 555. The van der Waals surface area contributed by atoms with Gasteiger partial charge in [-0.1, -0.05) is 12.8 Å². The Morgan fingerprint density at radius 1 is 1.39 bits per heavy atom. The first-order valence-corrected chi connectivity index (χ1v) is 6.53. The summed E-state index contributed by atoms with van der Waals surface area (Å²) >= 11 is 0. The molecule has 96 valence electrons. The van der Waals surface area contributed by atoms with Crippen molar-refractivity contribution in [1.82, 2.24) is 19.5 Å². The van der Waals surface area contributed by atoms with Crippen LogP contribution in [0.4, 0.5) is 11.8 Å². The lowest BCUT2D eigenvalue weighted by molar-refractivity contribution is 0.712. The molecule has 18 heavy (non-hydrogen) atoms. The average molecular weight is 246 g/mol. The van der Waals surface area contributed by atoms with Crippen LogP contribution in [0.2, 0.25) is 0 Å².